The molecule has 0 aliphatic heterocycles. The fourth-order valence-electron chi connectivity index (χ4n) is 4.15. The minimum Gasteiger partial charge on any atom is -0.464 e. The van der Waals surface area contributed by atoms with Crippen LogP contribution in [0.1, 0.15) is 39.2 Å². The number of ether oxygens (including phenoxy) is 2. The van der Waals surface area contributed by atoms with Crippen LogP contribution < -0.4 is 16.0 Å². The Morgan fingerprint density at radius 1 is 0.925 bits per heavy atom. The first kappa shape index (κ1) is 30.8. The maximum atomic E-state index is 12.5. The van der Waals surface area contributed by atoms with Gasteiger partial charge in [-0.15, -0.1) is 0 Å². The molecule has 1 heterocycles. The van der Waals surface area contributed by atoms with Crippen LogP contribution in [-0.4, -0.2) is 42.2 Å². The number of nitrogens with zero attached hydrogens (tertiary/aromatic N) is 5. The van der Waals surface area contributed by atoms with Crippen molar-refractivity contribution < 1.29 is 23.9 Å². The van der Waals surface area contributed by atoms with Gasteiger partial charge in [0.25, 0.3) is 0 Å². The topological polar surface area (TPSA) is 182 Å². The summed E-state index contributed by atoms with van der Waals surface area (Å²) in [4.78, 5) is 35.6. The molecular weight excluding hydrogens is 512 g/mol. The fourth-order valence-corrected chi connectivity index (χ4v) is 4.15. The molecule has 11 heteroatoms. The summed E-state index contributed by atoms with van der Waals surface area (Å²) in [5.41, 5.74) is -0.436. The SMILES string of the molecule is C=CC(=O)NCCOC(=O)CCC(=O)OCC(CC(C)C)n1c(=C(C#N)C#N)c2ccccc2c1=C(C#N)C#N. The lowest BCUT2D eigenvalue weighted by molar-refractivity contribution is -0.151. The maximum Gasteiger partial charge on any atom is 0.306 e. The zero-order valence-corrected chi connectivity index (χ0v) is 22.3. The summed E-state index contributed by atoms with van der Waals surface area (Å²) in [5.74, 6) is -1.66. The highest BCUT2D eigenvalue weighted by Gasteiger charge is 2.23. The number of amides is 1. The molecule has 1 aromatic carbocycles. The van der Waals surface area contributed by atoms with E-state index in [1.165, 1.54) is 0 Å². The minimum atomic E-state index is -0.681. The smallest absolute Gasteiger partial charge is 0.306 e. The summed E-state index contributed by atoms with van der Waals surface area (Å²) in [6.07, 6.45) is 1.00. The second-order valence-corrected chi connectivity index (χ2v) is 8.99. The highest BCUT2D eigenvalue weighted by atomic mass is 16.5. The number of esters is 2. The van der Waals surface area contributed by atoms with Crippen molar-refractivity contribution in [2.45, 2.75) is 39.2 Å². The van der Waals surface area contributed by atoms with Gasteiger partial charge in [0, 0.05) is 10.8 Å². The average molecular weight is 541 g/mol. The van der Waals surface area contributed by atoms with Crippen molar-refractivity contribution >= 4 is 39.8 Å². The molecule has 1 amide bonds. The van der Waals surface area contributed by atoms with E-state index in [1.54, 1.807) is 28.8 Å². The van der Waals surface area contributed by atoms with E-state index in [0.717, 1.165) is 6.08 Å². The first-order valence-corrected chi connectivity index (χ1v) is 12.4. The Morgan fingerprint density at radius 2 is 1.43 bits per heavy atom. The molecule has 1 aromatic heterocycles. The van der Waals surface area contributed by atoms with E-state index >= 15 is 0 Å². The third kappa shape index (κ3) is 7.81. The number of nitriles is 4. The van der Waals surface area contributed by atoms with Crippen LogP contribution in [0.2, 0.25) is 0 Å². The molecule has 0 radical (unpaired) electrons. The highest BCUT2D eigenvalue weighted by Crippen LogP contribution is 2.20. The van der Waals surface area contributed by atoms with E-state index in [0.29, 0.717) is 17.2 Å². The molecule has 40 heavy (non-hydrogen) atoms. The summed E-state index contributed by atoms with van der Waals surface area (Å²) in [6.45, 7) is 7.01. The molecule has 2 rings (SSSR count). The monoisotopic (exact) mass is 540 g/mol. The molecule has 1 unspecified atom stereocenters. The van der Waals surface area contributed by atoms with Gasteiger partial charge in [-0.05, 0) is 18.4 Å². The van der Waals surface area contributed by atoms with Crippen LogP contribution in [0.3, 0.4) is 0 Å². The molecule has 0 saturated heterocycles. The van der Waals surface area contributed by atoms with Crippen LogP contribution in [0, 0.1) is 51.2 Å². The molecule has 0 fully saturated rings. The second-order valence-electron chi connectivity index (χ2n) is 8.99. The highest BCUT2D eigenvalue weighted by molar-refractivity contribution is 5.92. The number of carbonyl (C=O) groups excluding carboxylic acids is 3. The quantitative estimate of drug-likeness (QED) is 0.238. The van der Waals surface area contributed by atoms with Gasteiger partial charge in [0.15, 0.2) is 11.1 Å². The van der Waals surface area contributed by atoms with E-state index in [9.17, 15) is 35.4 Å². The zero-order chi connectivity index (χ0) is 29.7. The normalized spacial score (nSPS) is 10.8. The van der Waals surface area contributed by atoms with Crippen molar-refractivity contribution in [1.82, 2.24) is 9.88 Å². The number of aromatic nitrogens is 1. The summed E-state index contributed by atoms with van der Waals surface area (Å²) in [7, 11) is 0. The van der Waals surface area contributed by atoms with Gasteiger partial charge >= 0.3 is 11.9 Å². The third-order valence-electron chi connectivity index (χ3n) is 5.77. The van der Waals surface area contributed by atoms with E-state index in [4.69, 9.17) is 9.47 Å². The van der Waals surface area contributed by atoms with Crippen LogP contribution in [0.25, 0.3) is 21.9 Å². The van der Waals surface area contributed by atoms with E-state index < -0.39 is 23.9 Å². The Kier molecular flexibility index (Phi) is 11.7. The summed E-state index contributed by atoms with van der Waals surface area (Å²) >= 11 is 0. The predicted molar refractivity (Wildman–Crippen MR) is 143 cm³/mol. The van der Waals surface area contributed by atoms with Crippen molar-refractivity contribution in [3.63, 3.8) is 0 Å². The lowest BCUT2D eigenvalue weighted by atomic mass is 10.0. The van der Waals surface area contributed by atoms with Crippen molar-refractivity contribution in [2.24, 2.45) is 5.92 Å². The van der Waals surface area contributed by atoms with Crippen molar-refractivity contribution in [3.8, 4) is 24.3 Å². The van der Waals surface area contributed by atoms with Crippen LogP contribution in [0.15, 0.2) is 36.9 Å². The molecular formula is C29H28N6O5. The zero-order valence-electron chi connectivity index (χ0n) is 22.3. The van der Waals surface area contributed by atoms with Crippen LogP contribution in [-0.2, 0) is 23.9 Å². The lowest BCUT2D eigenvalue weighted by Gasteiger charge is -2.22. The third-order valence-corrected chi connectivity index (χ3v) is 5.77. The van der Waals surface area contributed by atoms with Crippen LogP contribution in [0.4, 0.5) is 0 Å². The molecule has 0 bridgehead atoms. The first-order chi connectivity index (χ1) is 19.2. The van der Waals surface area contributed by atoms with Gasteiger partial charge in [0.2, 0.25) is 5.91 Å². The Balaban J connectivity index is 2.40. The summed E-state index contributed by atoms with van der Waals surface area (Å²) in [5, 5.41) is 42.9. The van der Waals surface area contributed by atoms with Crippen LogP contribution in [0.5, 0.6) is 0 Å². The number of rotatable bonds is 12. The number of hydrogen-bond acceptors (Lipinski definition) is 9. The van der Waals surface area contributed by atoms with Gasteiger partial charge in [0.1, 0.15) is 37.5 Å². The minimum absolute atomic E-state index is 0.0618. The molecule has 11 nitrogen and oxygen atoms in total. The number of fused-ring (bicyclic) bond motifs is 1. The molecule has 1 atom stereocenters. The molecule has 0 saturated carbocycles. The average Bonchev–Trinajstić information content (AvgIpc) is 3.28. The molecule has 0 aliphatic rings. The van der Waals surface area contributed by atoms with Gasteiger partial charge in [-0.2, -0.15) is 21.0 Å². The molecule has 2 aromatic rings. The van der Waals surface area contributed by atoms with Crippen molar-refractivity contribution in [2.75, 3.05) is 19.8 Å². The Bertz CT molecular complexity index is 1480. The van der Waals surface area contributed by atoms with Gasteiger partial charge in [-0.1, -0.05) is 44.7 Å². The lowest BCUT2D eigenvalue weighted by Crippen LogP contribution is -2.37. The largest absolute Gasteiger partial charge is 0.464 e. The Hall–Kier alpha value is -5.39. The second kappa shape index (κ2) is 15.1. The number of benzene rings is 1. The van der Waals surface area contributed by atoms with Gasteiger partial charge in [-0.25, -0.2) is 0 Å². The first-order valence-electron chi connectivity index (χ1n) is 12.4. The number of hydrogen-bond donors (Lipinski definition) is 1. The van der Waals surface area contributed by atoms with Crippen LogP contribution >= 0.6 is 0 Å². The molecule has 1 N–H and O–H groups in total. The van der Waals surface area contributed by atoms with Gasteiger partial charge in [-0.3, -0.25) is 14.4 Å². The van der Waals surface area contributed by atoms with Gasteiger partial charge < -0.3 is 19.4 Å². The van der Waals surface area contributed by atoms with E-state index in [2.05, 4.69) is 11.9 Å². The Morgan fingerprint density at radius 3 is 1.88 bits per heavy atom. The summed E-state index contributed by atoms with van der Waals surface area (Å²) < 4.78 is 12.0. The molecule has 0 aliphatic carbocycles. The van der Waals surface area contributed by atoms with Crippen molar-refractivity contribution in [1.29, 1.82) is 21.0 Å². The summed E-state index contributed by atoms with van der Waals surface area (Å²) in [6, 6.07) is 13.8. The van der Waals surface area contributed by atoms with Crippen molar-refractivity contribution in [3.05, 3.63) is 47.6 Å². The standard InChI is InChI=1S/C29H28N6O5/c1-4-25(36)34-11-12-39-26(37)9-10-27(38)40-18-22(13-19(2)3)35-28(20(14-30)15-31)23-7-5-6-8-24(23)29(35)21(16-32)17-33/h4-8,19,22H,1,9-13,18H2,2-3H3,(H,34,36). The number of carbonyl (C=O) groups is 3. The predicted octanol–water partition coefficient (Wildman–Crippen LogP) is 1.79. The van der Waals surface area contributed by atoms with Gasteiger partial charge in [0.05, 0.1) is 36.1 Å². The molecule has 204 valence electrons. The fraction of sp³-hybridized carbons (Fsp3) is 0.345. The number of nitrogens with one attached hydrogen (secondary N) is 1. The Labute approximate surface area is 231 Å². The van der Waals surface area contributed by atoms with E-state index in [1.807, 2.05) is 38.1 Å². The maximum absolute atomic E-state index is 12.5. The molecule has 0 spiro atoms. The van der Waals surface area contributed by atoms with E-state index in [-0.39, 0.29) is 60.4 Å².